The van der Waals surface area contributed by atoms with Gasteiger partial charge in [-0.3, -0.25) is 0 Å². The fourth-order valence-electron chi connectivity index (χ4n) is 1.38. The van der Waals surface area contributed by atoms with E-state index in [9.17, 15) is 8.42 Å². The van der Waals surface area contributed by atoms with Crippen molar-refractivity contribution in [1.82, 2.24) is 10.1 Å². The monoisotopic (exact) mass is 287 g/mol. The van der Waals surface area contributed by atoms with Gasteiger partial charge in [-0.05, 0) is 18.2 Å². The molecule has 0 saturated carbocycles. The molecule has 0 unspecified atom stereocenters. The van der Waals surface area contributed by atoms with Gasteiger partial charge in [-0.15, -0.1) is 0 Å². The first kappa shape index (κ1) is 12.8. The molecule has 18 heavy (non-hydrogen) atoms. The van der Waals surface area contributed by atoms with Gasteiger partial charge >= 0.3 is 0 Å². The van der Waals surface area contributed by atoms with Gasteiger partial charge in [-0.25, -0.2) is 8.42 Å². The van der Waals surface area contributed by atoms with E-state index < -0.39 is 9.84 Å². The Morgan fingerprint density at radius 3 is 2.78 bits per heavy atom. The summed E-state index contributed by atoms with van der Waals surface area (Å²) in [6, 6.07) is 4.82. The second-order valence-corrected chi connectivity index (χ2v) is 6.39. The van der Waals surface area contributed by atoms with Crippen molar-refractivity contribution in [3.63, 3.8) is 0 Å². The van der Waals surface area contributed by atoms with E-state index in [0.29, 0.717) is 16.3 Å². The topological polar surface area (TPSA) is 99.1 Å². The lowest BCUT2D eigenvalue weighted by molar-refractivity contribution is 0.424. The summed E-state index contributed by atoms with van der Waals surface area (Å²) in [5, 5.41) is 4.08. The predicted octanol–water partition coefficient (Wildman–Crippen LogP) is 1.52. The largest absolute Gasteiger partial charge is 0.398 e. The van der Waals surface area contributed by atoms with E-state index in [2.05, 4.69) is 10.1 Å². The zero-order chi connectivity index (χ0) is 13.3. The molecule has 0 fully saturated rings. The van der Waals surface area contributed by atoms with Gasteiger partial charge in [0, 0.05) is 17.0 Å². The Bertz CT molecular complexity index is 681. The van der Waals surface area contributed by atoms with Crippen LogP contribution in [-0.4, -0.2) is 24.8 Å². The average molecular weight is 288 g/mol. The van der Waals surface area contributed by atoms with E-state index in [-0.39, 0.29) is 17.5 Å². The van der Waals surface area contributed by atoms with E-state index in [1.54, 1.807) is 18.2 Å². The summed E-state index contributed by atoms with van der Waals surface area (Å²) in [7, 11) is -3.20. The maximum Gasteiger partial charge on any atom is 0.260 e. The molecule has 2 aromatic rings. The van der Waals surface area contributed by atoms with Crippen molar-refractivity contribution < 1.29 is 12.9 Å². The van der Waals surface area contributed by atoms with Crippen LogP contribution >= 0.6 is 11.6 Å². The van der Waals surface area contributed by atoms with Crippen LogP contribution in [0.4, 0.5) is 5.69 Å². The summed E-state index contributed by atoms with van der Waals surface area (Å²) < 4.78 is 27.2. The minimum atomic E-state index is -3.20. The minimum Gasteiger partial charge on any atom is -0.398 e. The molecule has 96 valence electrons. The average Bonchev–Trinajstić information content (AvgIpc) is 2.63. The summed E-state index contributed by atoms with van der Waals surface area (Å²) in [6.45, 7) is 0. The van der Waals surface area contributed by atoms with Crippen LogP contribution in [0, 0.1) is 0 Å². The molecular formula is C10H10ClN3O3S. The van der Waals surface area contributed by atoms with E-state index in [1.807, 2.05) is 0 Å². The highest BCUT2D eigenvalue weighted by Crippen LogP contribution is 2.27. The number of benzene rings is 1. The minimum absolute atomic E-state index is 0.0989. The molecule has 0 bridgehead atoms. The van der Waals surface area contributed by atoms with Crippen molar-refractivity contribution in [3.8, 4) is 11.5 Å². The lowest BCUT2D eigenvalue weighted by Gasteiger charge is -1.99. The highest BCUT2D eigenvalue weighted by molar-refractivity contribution is 7.89. The molecule has 2 rings (SSSR count). The Kier molecular flexibility index (Phi) is 3.27. The molecule has 0 saturated heterocycles. The second kappa shape index (κ2) is 4.58. The van der Waals surface area contributed by atoms with Gasteiger partial charge in [0.1, 0.15) is 5.75 Å². The number of hydrogen-bond acceptors (Lipinski definition) is 6. The zero-order valence-corrected chi connectivity index (χ0v) is 11.0. The number of sulfone groups is 1. The van der Waals surface area contributed by atoms with Gasteiger partial charge in [0.05, 0.1) is 5.56 Å². The Morgan fingerprint density at radius 2 is 2.17 bits per heavy atom. The van der Waals surface area contributed by atoms with Crippen LogP contribution in [0.25, 0.3) is 11.5 Å². The maximum absolute atomic E-state index is 11.1. The molecule has 8 heteroatoms. The first-order valence-electron chi connectivity index (χ1n) is 4.91. The first-order valence-corrected chi connectivity index (χ1v) is 7.35. The van der Waals surface area contributed by atoms with Crippen molar-refractivity contribution >= 4 is 27.1 Å². The van der Waals surface area contributed by atoms with Crippen molar-refractivity contribution in [1.29, 1.82) is 0 Å². The van der Waals surface area contributed by atoms with Crippen molar-refractivity contribution in [3.05, 3.63) is 29.0 Å². The number of rotatable bonds is 3. The number of halogens is 1. The Morgan fingerprint density at radius 1 is 1.44 bits per heavy atom. The lowest BCUT2D eigenvalue weighted by atomic mass is 10.2. The van der Waals surface area contributed by atoms with Crippen LogP contribution in [0.2, 0.25) is 5.02 Å². The molecule has 0 atom stereocenters. The standard InChI is InChI=1S/C10H10ClN3O3S/c1-18(15,16)5-9-13-10(17-14-9)7-3-2-6(11)4-8(7)12/h2-4H,5,12H2,1H3. The van der Waals surface area contributed by atoms with Gasteiger partial charge in [0.25, 0.3) is 5.89 Å². The summed E-state index contributed by atoms with van der Waals surface area (Å²) in [4.78, 5) is 3.98. The Hall–Kier alpha value is -1.60. The number of nitrogen functional groups attached to an aromatic ring is 1. The molecule has 6 nitrogen and oxygen atoms in total. The Labute approximate surface area is 109 Å². The molecule has 0 aliphatic carbocycles. The van der Waals surface area contributed by atoms with Crippen LogP contribution in [0.15, 0.2) is 22.7 Å². The van der Waals surface area contributed by atoms with E-state index in [4.69, 9.17) is 21.9 Å². The van der Waals surface area contributed by atoms with Gasteiger partial charge in [-0.1, -0.05) is 16.8 Å². The highest BCUT2D eigenvalue weighted by atomic mass is 35.5. The van der Waals surface area contributed by atoms with E-state index in [1.165, 1.54) is 0 Å². The zero-order valence-electron chi connectivity index (χ0n) is 9.42. The number of anilines is 1. The summed E-state index contributed by atoms with van der Waals surface area (Å²) >= 11 is 5.77. The fraction of sp³-hybridized carbons (Fsp3) is 0.200. The number of aromatic nitrogens is 2. The molecule has 1 heterocycles. The Balaban J connectivity index is 2.35. The summed E-state index contributed by atoms with van der Waals surface area (Å²) in [5.41, 5.74) is 6.67. The van der Waals surface area contributed by atoms with Crippen molar-refractivity contribution in [2.75, 3.05) is 12.0 Å². The molecular weight excluding hydrogens is 278 g/mol. The van der Waals surface area contributed by atoms with Crippen molar-refractivity contribution in [2.45, 2.75) is 5.75 Å². The predicted molar refractivity (Wildman–Crippen MR) is 67.7 cm³/mol. The van der Waals surface area contributed by atoms with Gasteiger partial charge in [0.15, 0.2) is 15.7 Å². The van der Waals surface area contributed by atoms with E-state index in [0.717, 1.165) is 6.26 Å². The molecule has 2 N–H and O–H groups in total. The van der Waals surface area contributed by atoms with Crippen LogP contribution in [0.3, 0.4) is 0 Å². The van der Waals surface area contributed by atoms with Gasteiger partial charge < -0.3 is 10.3 Å². The maximum atomic E-state index is 11.1. The molecule has 0 aliphatic heterocycles. The molecule has 1 aromatic carbocycles. The summed E-state index contributed by atoms with van der Waals surface area (Å²) in [5.74, 6) is -0.00561. The van der Waals surface area contributed by atoms with Gasteiger partial charge in [-0.2, -0.15) is 4.98 Å². The molecule has 0 radical (unpaired) electrons. The number of hydrogen-bond donors (Lipinski definition) is 1. The molecule has 0 amide bonds. The van der Waals surface area contributed by atoms with Crippen molar-refractivity contribution in [2.24, 2.45) is 0 Å². The number of nitrogens with two attached hydrogens (primary N) is 1. The third kappa shape index (κ3) is 2.99. The van der Waals surface area contributed by atoms with Crippen LogP contribution in [0.1, 0.15) is 5.82 Å². The van der Waals surface area contributed by atoms with Gasteiger partial charge in [0.2, 0.25) is 0 Å². The normalized spacial score (nSPS) is 11.7. The second-order valence-electron chi connectivity index (χ2n) is 3.82. The van der Waals surface area contributed by atoms with Crippen LogP contribution < -0.4 is 5.73 Å². The summed E-state index contributed by atoms with van der Waals surface area (Å²) in [6.07, 6.45) is 1.10. The molecule has 0 spiro atoms. The number of nitrogens with zero attached hydrogens (tertiary/aromatic N) is 2. The smallest absolute Gasteiger partial charge is 0.260 e. The lowest BCUT2D eigenvalue weighted by Crippen LogP contribution is -2.02. The van der Waals surface area contributed by atoms with Crippen LogP contribution in [-0.2, 0) is 15.6 Å². The fourth-order valence-corrected chi connectivity index (χ4v) is 2.15. The van der Waals surface area contributed by atoms with E-state index >= 15 is 0 Å². The SMILES string of the molecule is CS(=O)(=O)Cc1noc(-c2ccc(Cl)cc2N)n1. The molecule has 1 aromatic heterocycles. The highest BCUT2D eigenvalue weighted by Gasteiger charge is 2.15. The quantitative estimate of drug-likeness (QED) is 0.859. The first-order chi connectivity index (χ1) is 8.35. The molecule has 0 aliphatic rings. The third-order valence-corrected chi connectivity index (χ3v) is 3.12. The van der Waals surface area contributed by atoms with Crippen LogP contribution in [0.5, 0.6) is 0 Å². The third-order valence-electron chi connectivity index (χ3n) is 2.10.